The lowest BCUT2D eigenvalue weighted by Crippen LogP contribution is -2.27. The van der Waals surface area contributed by atoms with Gasteiger partial charge < -0.3 is 15.2 Å². The van der Waals surface area contributed by atoms with Gasteiger partial charge in [0.1, 0.15) is 5.75 Å². The molecule has 104 valence electrons. The van der Waals surface area contributed by atoms with Crippen LogP contribution in [0.2, 0.25) is 0 Å². The zero-order valence-electron chi connectivity index (χ0n) is 11.2. The van der Waals surface area contributed by atoms with Crippen molar-refractivity contribution in [3.63, 3.8) is 0 Å². The first-order valence-corrected chi connectivity index (χ1v) is 6.18. The lowest BCUT2D eigenvalue weighted by molar-refractivity contribution is -0.136. The maximum atomic E-state index is 11.4. The number of aryl methyl sites for hydroxylation is 1. The van der Waals surface area contributed by atoms with Gasteiger partial charge in [-0.2, -0.15) is 0 Å². The van der Waals surface area contributed by atoms with Gasteiger partial charge in [0.25, 0.3) is 0 Å². The Hall–Kier alpha value is -2.04. The molecule has 0 atom stereocenters. The van der Waals surface area contributed by atoms with Crippen molar-refractivity contribution < 1.29 is 19.4 Å². The van der Waals surface area contributed by atoms with Crippen molar-refractivity contribution in [2.24, 2.45) is 0 Å². The monoisotopic (exact) mass is 265 g/mol. The highest BCUT2D eigenvalue weighted by molar-refractivity contribution is 5.76. The van der Waals surface area contributed by atoms with Crippen molar-refractivity contribution in [3.05, 3.63) is 29.3 Å². The molecule has 2 N–H and O–H groups in total. The molecule has 0 aliphatic rings. The summed E-state index contributed by atoms with van der Waals surface area (Å²) >= 11 is 0. The van der Waals surface area contributed by atoms with E-state index in [2.05, 4.69) is 5.32 Å². The quantitative estimate of drug-likeness (QED) is 0.786. The Kier molecular flexibility index (Phi) is 5.85. The molecule has 0 aliphatic carbocycles. The minimum atomic E-state index is -0.924. The molecule has 0 saturated heterocycles. The third kappa shape index (κ3) is 5.42. The van der Waals surface area contributed by atoms with Crippen LogP contribution in [0.25, 0.3) is 0 Å². The number of carbonyl (C=O) groups excluding carboxylic acids is 1. The van der Waals surface area contributed by atoms with Gasteiger partial charge in [0.05, 0.1) is 19.4 Å². The number of benzene rings is 1. The zero-order valence-corrected chi connectivity index (χ0v) is 11.2. The Morgan fingerprint density at radius 1 is 1.26 bits per heavy atom. The van der Waals surface area contributed by atoms with Crippen molar-refractivity contribution in [3.8, 4) is 5.75 Å². The van der Waals surface area contributed by atoms with Crippen LogP contribution in [0.1, 0.15) is 24.0 Å². The molecule has 0 unspecified atom stereocenters. The number of hydrogen-bond donors (Lipinski definition) is 2. The Labute approximate surface area is 112 Å². The largest absolute Gasteiger partial charge is 0.493 e. The van der Waals surface area contributed by atoms with Crippen LogP contribution < -0.4 is 10.1 Å². The van der Waals surface area contributed by atoms with Gasteiger partial charge in [-0.05, 0) is 31.0 Å². The summed E-state index contributed by atoms with van der Waals surface area (Å²) in [7, 11) is 0. The van der Waals surface area contributed by atoms with Crippen LogP contribution in [0.5, 0.6) is 5.75 Å². The lowest BCUT2D eigenvalue weighted by atomic mass is 10.1. The summed E-state index contributed by atoms with van der Waals surface area (Å²) in [6.07, 6.45) is 0.149. The van der Waals surface area contributed by atoms with Crippen molar-refractivity contribution in [1.29, 1.82) is 0 Å². The first-order valence-electron chi connectivity index (χ1n) is 6.18. The van der Waals surface area contributed by atoms with E-state index in [0.29, 0.717) is 0 Å². The van der Waals surface area contributed by atoms with Crippen LogP contribution in [0.3, 0.4) is 0 Å². The van der Waals surface area contributed by atoms with Gasteiger partial charge in [-0.1, -0.05) is 12.1 Å². The smallest absolute Gasteiger partial charge is 0.305 e. The number of aliphatic carboxylic acids is 1. The number of carboxylic acid groups (broad SMARTS) is 1. The lowest BCUT2D eigenvalue weighted by Gasteiger charge is -2.10. The summed E-state index contributed by atoms with van der Waals surface area (Å²) in [6, 6.07) is 5.77. The number of ether oxygens (including phenoxy) is 1. The van der Waals surface area contributed by atoms with Crippen molar-refractivity contribution in [2.75, 3.05) is 13.2 Å². The SMILES string of the molecule is Cc1cccc(OCCC(=O)NCCC(=O)O)c1C. The molecule has 0 radical (unpaired) electrons. The summed E-state index contributed by atoms with van der Waals surface area (Å²) in [4.78, 5) is 21.7. The van der Waals surface area contributed by atoms with Gasteiger partial charge in [0.15, 0.2) is 0 Å². The van der Waals surface area contributed by atoms with E-state index in [-0.39, 0.29) is 31.9 Å². The van der Waals surface area contributed by atoms with Gasteiger partial charge in [-0.3, -0.25) is 9.59 Å². The zero-order chi connectivity index (χ0) is 14.3. The van der Waals surface area contributed by atoms with Gasteiger partial charge in [-0.15, -0.1) is 0 Å². The molecule has 1 aromatic carbocycles. The number of rotatable bonds is 7. The fourth-order valence-corrected chi connectivity index (χ4v) is 1.53. The molecular weight excluding hydrogens is 246 g/mol. The molecule has 0 fully saturated rings. The third-order valence-corrected chi connectivity index (χ3v) is 2.80. The van der Waals surface area contributed by atoms with E-state index in [1.807, 2.05) is 32.0 Å². The molecule has 1 rings (SSSR count). The van der Waals surface area contributed by atoms with E-state index in [1.54, 1.807) is 0 Å². The van der Waals surface area contributed by atoms with E-state index in [0.717, 1.165) is 16.9 Å². The van der Waals surface area contributed by atoms with Gasteiger partial charge in [0, 0.05) is 6.54 Å². The molecule has 19 heavy (non-hydrogen) atoms. The van der Waals surface area contributed by atoms with Gasteiger partial charge >= 0.3 is 5.97 Å². The molecule has 5 heteroatoms. The van der Waals surface area contributed by atoms with E-state index < -0.39 is 5.97 Å². The van der Waals surface area contributed by atoms with Crippen LogP contribution in [-0.2, 0) is 9.59 Å². The number of carboxylic acids is 1. The molecule has 0 spiro atoms. The second-order valence-electron chi connectivity index (χ2n) is 4.29. The summed E-state index contributed by atoms with van der Waals surface area (Å²) in [5.74, 6) is -0.350. The number of hydrogen-bond acceptors (Lipinski definition) is 3. The average molecular weight is 265 g/mol. The minimum Gasteiger partial charge on any atom is -0.493 e. The number of amides is 1. The van der Waals surface area contributed by atoms with Crippen LogP contribution in [0.4, 0.5) is 0 Å². The molecule has 0 bridgehead atoms. The maximum absolute atomic E-state index is 11.4. The predicted molar refractivity (Wildman–Crippen MR) is 71.3 cm³/mol. The second-order valence-corrected chi connectivity index (χ2v) is 4.29. The van der Waals surface area contributed by atoms with Crippen LogP contribution in [0, 0.1) is 13.8 Å². The van der Waals surface area contributed by atoms with E-state index in [9.17, 15) is 9.59 Å². The van der Waals surface area contributed by atoms with Gasteiger partial charge in [0.2, 0.25) is 5.91 Å². The van der Waals surface area contributed by atoms with Crippen molar-refractivity contribution >= 4 is 11.9 Å². The summed E-state index contributed by atoms with van der Waals surface area (Å²) in [5, 5.41) is 11.0. The highest BCUT2D eigenvalue weighted by Crippen LogP contribution is 2.20. The molecule has 0 saturated carbocycles. The maximum Gasteiger partial charge on any atom is 0.305 e. The highest BCUT2D eigenvalue weighted by Gasteiger charge is 2.05. The fraction of sp³-hybridized carbons (Fsp3) is 0.429. The van der Waals surface area contributed by atoms with Crippen LogP contribution in [0.15, 0.2) is 18.2 Å². The fourth-order valence-electron chi connectivity index (χ4n) is 1.53. The summed E-state index contributed by atoms with van der Waals surface area (Å²) < 4.78 is 5.54. The molecule has 1 amide bonds. The molecule has 1 aromatic rings. The van der Waals surface area contributed by atoms with E-state index in [4.69, 9.17) is 9.84 Å². The molecular formula is C14H19NO4. The van der Waals surface area contributed by atoms with Crippen LogP contribution in [-0.4, -0.2) is 30.1 Å². The number of carbonyl (C=O) groups is 2. The normalized spacial score (nSPS) is 10.0. The van der Waals surface area contributed by atoms with Crippen molar-refractivity contribution in [2.45, 2.75) is 26.7 Å². The molecule has 0 heterocycles. The Bertz CT molecular complexity index is 457. The van der Waals surface area contributed by atoms with Crippen LogP contribution >= 0.6 is 0 Å². The summed E-state index contributed by atoms with van der Waals surface area (Å²) in [6.45, 7) is 4.40. The molecule has 5 nitrogen and oxygen atoms in total. The second kappa shape index (κ2) is 7.41. The predicted octanol–water partition coefficient (Wildman–Crippen LogP) is 1.66. The minimum absolute atomic E-state index is 0.0659. The highest BCUT2D eigenvalue weighted by atomic mass is 16.5. The Morgan fingerprint density at radius 2 is 2.00 bits per heavy atom. The van der Waals surface area contributed by atoms with Crippen molar-refractivity contribution in [1.82, 2.24) is 5.32 Å². The Balaban J connectivity index is 2.28. The van der Waals surface area contributed by atoms with E-state index in [1.165, 1.54) is 0 Å². The summed E-state index contributed by atoms with van der Waals surface area (Å²) in [5.41, 5.74) is 2.21. The molecule has 0 aliphatic heterocycles. The van der Waals surface area contributed by atoms with Gasteiger partial charge in [-0.25, -0.2) is 0 Å². The van der Waals surface area contributed by atoms with E-state index >= 15 is 0 Å². The topological polar surface area (TPSA) is 75.6 Å². The average Bonchev–Trinajstić information content (AvgIpc) is 2.34. The Morgan fingerprint density at radius 3 is 2.68 bits per heavy atom. The third-order valence-electron chi connectivity index (χ3n) is 2.80. The number of nitrogens with one attached hydrogen (secondary N) is 1. The molecule has 0 aromatic heterocycles. The standard InChI is InChI=1S/C14H19NO4/c1-10-4-3-5-12(11(10)2)19-9-7-13(16)15-8-6-14(17)18/h3-5H,6-9H2,1-2H3,(H,15,16)(H,17,18). The first-order chi connectivity index (χ1) is 9.00. The first kappa shape index (κ1) is 15.0.